The Balaban J connectivity index is 3.78. The van der Waals surface area contributed by atoms with Crippen molar-refractivity contribution in [1.82, 2.24) is 5.48 Å². The summed E-state index contributed by atoms with van der Waals surface area (Å²) in [6, 6.07) is 0. The van der Waals surface area contributed by atoms with Gasteiger partial charge < -0.3 is 15.4 Å². The molecule has 10 heavy (non-hydrogen) atoms. The number of rotatable bonds is 4. The highest BCUT2D eigenvalue weighted by atomic mass is 16.5. The normalized spacial score (nSPS) is 15.3. The first-order chi connectivity index (χ1) is 4.54. The minimum atomic E-state index is -0.747. The Hall–Kier alpha value is -0.160. The Morgan fingerprint density at radius 1 is 1.50 bits per heavy atom. The van der Waals surface area contributed by atoms with Gasteiger partial charge in [0, 0.05) is 6.61 Å². The minimum Gasteiger partial charge on any atom is -0.396 e. The van der Waals surface area contributed by atoms with E-state index in [9.17, 15) is 5.11 Å². The molecule has 0 bridgehead atoms. The van der Waals surface area contributed by atoms with Crippen LogP contribution in [0, 0.1) is 0 Å². The minimum absolute atomic E-state index is 0.0771. The topological polar surface area (TPSA) is 72.7 Å². The zero-order valence-electron chi connectivity index (χ0n) is 6.33. The Kier molecular flexibility index (Phi) is 3.81. The van der Waals surface area contributed by atoms with E-state index in [1.54, 1.807) is 13.8 Å². The average molecular weight is 149 g/mol. The van der Waals surface area contributed by atoms with Crippen LogP contribution in [0.2, 0.25) is 0 Å². The molecule has 0 aliphatic rings. The van der Waals surface area contributed by atoms with E-state index in [0.717, 1.165) is 0 Å². The lowest BCUT2D eigenvalue weighted by Crippen LogP contribution is -2.48. The molecule has 0 aliphatic carbocycles. The van der Waals surface area contributed by atoms with Gasteiger partial charge in [-0.25, -0.2) is 0 Å². The van der Waals surface area contributed by atoms with Crippen LogP contribution in [0.3, 0.4) is 0 Å². The van der Waals surface area contributed by atoms with Crippen LogP contribution in [-0.4, -0.2) is 33.7 Å². The molecule has 0 saturated carbocycles. The third kappa shape index (κ3) is 2.62. The Bertz CT molecular complexity index is 95.0. The van der Waals surface area contributed by atoms with Crippen LogP contribution in [0.5, 0.6) is 0 Å². The molecule has 1 unspecified atom stereocenters. The van der Waals surface area contributed by atoms with E-state index >= 15 is 0 Å². The molecular formula is C6H15NO3. The zero-order chi connectivity index (χ0) is 8.20. The van der Waals surface area contributed by atoms with Crippen LogP contribution in [-0.2, 0) is 0 Å². The fourth-order valence-corrected chi connectivity index (χ4v) is 0.558. The van der Waals surface area contributed by atoms with Crippen molar-refractivity contribution in [2.75, 3.05) is 6.61 Å². The second-order valence-electron chi connectivity index (χ2n) is 2.86. The highest BCUT2D eigenvalue weighted by molar-refractivity contribution is 4.81. The first-order valence-electron chi connectivity index (χ1n) is 3.24. The van der Waals surface area contributed by atoms with Gasteiger partial charge in [0.2, 0.25) is 0 Å². The summed E-state index contributed by atoms with van der Waals surface area (Å²) in [6.45, 7) is 3.22. The summed E-state index contributed by atoms with van der Waals surface area (Å²) in [5.74, 6) is 0. The molecule has 0 aromatic heterocycles. The second kappa shape index (κ2) is 3.88. The van der Waals surface area contributed by atoms with E-state index in [1.165, 1.54) is 0 Å². The second-order valence-corrected chi connectivity index (χ2v) is 2.86. The van der Waals surface area contributed by atoms with Crippen molar-refractivity contribution >= 4 is 0 Å². The lowest BCUT2D eigenvalue weighted by Gasteiger charge is -2.28. The van der Waals surface area contributed by atoms with Crippen LogP contribution >= 0.6 is 0 Å². The van der Waals surface area contributed by atoms with Crippen LogP contribution in [0.15, 0.2) is 0 Å². The van der Waals surface area contributed by atoms with E-state index < -0.39 is 11.6 Å². The standard InChI is InChI=1S/C6H15NO3/c1-6(2,7-10)5(9)3-4-8/h5,7-10H,3-4H2,1-2H3. The van der Waals surface area contributed by atoms with E-state index in [2.05, 4.69) is 0 Å². The van der Waals surface area contributed by atoms with Crippen LogP contribution < -0.4 is 5.48 Å². The highest BCUT2D eigenvalue weighted by Gasteiger charge is 2.25. The first kappa shape index (κ1) is 9.84. The summed E-state index contributed by atoms with van der Waals surface area (Å²) in [6.07, 6.45) is -0.469. The summed E-state index contributed by atoms with van der Waals surface area (Å²) in [5, 5.41) is 26.1. The molecule has 4 N–H and O–H groups in total. The summed E-state index contributed by atoms with van der Waals surface area (Å²) in [5.41, 5.74) is 1.22. The summed E-state index contributed by atoms with van der Waals surface area (Å²) in [7, 11) is 0. The lowest BCUT2D eigenvalue weighted by atomic mass is 9.96. The SMILES string of the molecule is CC(C)(NO)C(O)CCO. The van der Waals surface area contributed by atoms with Gasteiger partial charge in [0.15, 0.2) is 0 Å². The Labute approximate surface area is 60.5 Å². The van der Waals surface area contributed by atoms with Gasteiger partial charge >= 0.3 is 0 Å². The fraction of sp³-hybridized carbons (Fsp3) is 1.00. The van der Waals surface area contributed by atoms with Crippen molar-refractivity contribution in [1.29, 1.82) is 0 Å². The van der Waals surface area contributed by atoms with Gasteiger partial charge in [-0.05, 0) is 20.3 Å². The number of hydrogen-bond acceptors (Lipinski definition) is 4. The van der Waals surface area contributed by atoms with Crippen molar-refractivity contribution in [3.8, 4) is 0 Å². The lowest BCUT2D eigenvalue weighted by molar-refractivity contribution is -0.0186. The summed E-state index contributed by atoms with van der Waals surface area (Å²) in [4.78, 5) is 0. The molecule has 0 heterocycles. The van der Waals surface area contributed by atoms with Gasteiger partial charge in [0.25, 0.3) is 0 Å². The molecule has 4 heteroatoms. The fourth-order valence-electron chi connectivity index (χ4n) is 0.558. The average Bonchev–Trinajstić information content (AvgIpc) is 1.89. The molecule has 0 rings (SSSR count). The van der Waals surface area contributed by atoms with Crippen molar-refractivity contribution in [3.05, 3.63) is 0 Å². The van der Waals surface area contributed by atoms with Gasteiger partial charge in [-0.3, -0.25) is 0 Å². The summed E-state index contributed by atoms with van der Waals surface area (Å²) >= 11 is 0. The molecule has 0 aromatic carbocycles. The van der Waals surface area contributed by atoms with Gasteiger partial charge in [0.1, 0.15) is 0 Å². The molecule has 0 aliphatic heterocycles. The molecule has 0 amide bonds. The maximum absolute atomic E-state index is 9.19. The molecule has 0 radical (unpaired) electrons. The predicted octanol–water partition coefficient (Wildman–Crippen LogP) is -0.513. The number of aliphatic hydroxyl groups excluding tert-OH is 2. The van der Waals surface area contributed by atoms with Gasteiger partial charge in [0.05, 0.1) is 11.6 Å². The molecule has 62 valence electrons. The molecule has 0 spiro atoms. The molecular weight excluding hydrogens is 134 g/mol. The molecule has 1 atom stereocenters. The van der Waals surface area contributed by atoms with Crippen molar-refractivity contribution < 1.29 is 15.4 Å². The number of aliphatic hydroxyl groups is 2. The number of hydrogen-bond donors (Lipinski definition) is 4. The van der Waals surface area contributed by atoms with Crippen molar-refractivity contribution in [2.24, 2.45) is 0 Å². The summed E-state index contributed by atoms with van der Waals surface area (Å²) < 4.78 is 0. The third-order valence-electron chi connectivity index (χ3n) is 1.52. The van der Waals surface area contributed by atoms with Crippen LogP contribution in [0.25, 0.3) is 0 Å². The maximum Gasteiger partial charge on any atom is 0.0760 e. The molecule has 0 aromatic rings. The van der Waals surface area contributed by atoms with E-state index in [1.807, 2.05) is 5.48 Å². The van der Waals surface area contributed by atoms with Gasteiger partial charge in [-0.1, -0.05) is 0 Å². The number of hydroxylamine groups is 1. The smallest absolute Gasteiger partial charge is 0.0760 e. The first-order valence-corrected chi connectivity index (χ1v) is 3.24. The van der Waals surface area contributed by atoms with Crippen molar-refractivity contribution in [3.63, 3.8) is 0 Å². The molecule has 4 nitrogen and oxygen atoms in total. The quantitative estimate of drug-likeness (QED) is 0.406. The highest BCUT2D eigenvalue weighted by Crippen LogP contribution is 2.10. The van der Waals surface area contributed by atoms with Gasteiger partial charge in [-0.15, -0.1) is 0 Å². The Morgan fingerprint density at radius 2 is 2.00 bits per heavy atom. The maximum atomic E-state index is 9.19. The zero-order valence-corrected chi connectivity index (χ0v) is 6.33. The monoisotopic (exact) mass is 149 g/mol. The van der Waals surface area contributed by atoms with E-state index in [-0.39, 0.29) is 13.0 Å². The third-order valence-corrected chi connectivity index (χ3v) is 1.52. The predicted molar refractivity (Wildman–Crippen MR) is 36.7 cm³/mol. The van der Waals surface area contributed by atoms with Gasteiger partial charge in [-0.2, -0.15) is 5.48 Å². The van der Waals surface area contributed by atoms with E-state index in [4.69, 9.17) is 10.3 Å². The van der Waals surface area contributed by atoms with Crippen molar-refractivity contribution in [2.45, 2.75) is 31.9 Å². The molecule has 0 fully saturated rings. The number of nitrogens with one attached hydrogen (secondary N) is 1. The van der Waals surface area contributed by atoms with E-state index in [0.29, 0.717) is 0 Å². The Morgan fingerprint density at radius 3 is 2.30 bits per heavy atom. The van der Waals surface area contributed by atoms with Crippen LogP contribution in [0.1, 0.15) is 20.3 Å². The van der Waals surface area contributed by atoms with Crippen LogP contribution in [0.4, 0.5) is 0 Å². The largest absolute Gasteiger partial charge is 0.396 e. The molecule has 0 saturated heterocycles.